The van der Waals surface area contributed by atoms with Crippen molar-refractivity contribution in [2.45, 2.75) is 6.54 Å². The van der Waals surface area contributed by atoms with E-state index in [1.807, 2.05) is 30.3 Å². The number of rotatable bonds is 5. The van der Waals surface area contributed by atoms with E-state index >= 15 is 0 Å². The largest absolute Gasteiger partial charge is 0.481 e. The number of benzene rings is 2. The van der Waals surface area contributed by atoms with Crippen LogP contribution in [0.5, 0.6) is 5.75 Å². The third-order valence-corrected chi connectivity index (χ3v) is 4.64. The molecule has 1 aliphatic rings. The third-order valence-electron chi connectivity index (χ3n) is 3.61. The maximum absolute atomic E-state index is 12.1. The van der Waals surface area contributed by atoms with E-state index in [2.05, 4.69) is 9.44 Å². The molecule has 0 fully saturated rings. The van der Waals surface area contributed by atoms with Gasteiger partial charge in [0.1, 0.15) is 5.75 Å². The van der Waals surface area contributed by atoms with Gasteiger partial charge in [0.25, 0.3) is 16.1 Å². The molecule has 1 aliphatic heterocycles. The average Bonchev–Trinajstić information content (AvgIpc) is 2.57. The summed E-state index contributed by atoms with van der Waals surface area (Å²) in [5.41, 5.74) is 1.82. The Morgan fingerprint density at radius 2 is 1.92 bits per heavy atom. The SMILES string of the molecule is CN1C(=O)COc2cc(NS(=O)(=O)NCc3ccccc3)ccc21. The highest BCUT2D eigenvalue weighted by atomic mass is 32.2. The van der Waals surface area contributed by atoms with Crippen LogP contribution in [0, 0.1) is 0 Å². The van der Waals surface area contributed by atoms with Gasteiger partial charge in [-0.15, -0.1) is 0 Å². The van der Waals surface area contributed by atoms with Crippen LogP contribution in [-0.4, -0.2) is 28.0 Å². The fraction of sp³-hybridized carbons (Fsp3) is 0.188. The lowest BCUT2D eigenvalue weighted by Gasteiger charge is -2.26. The van der Waals surface area contributed by atoms with E-state index in [-0.39, 0.29) is 19.1 Å². The molecule has 8 heteroatoms. The maximum atomic E-state index is 12.1. The van der Waals surface area contributed by atoms with Crippen molar-refractivity contribution >= 4 is 27.5 Å². The summed E-state index contributed by atoms with van der Waals surface area (Å²) in [7, 11) is -2.07. The van der Waals surface area contributed by atoms with Crippen molar-refractivity contribution in [3.05, 3.63) is 54.1 Å². The van der Waals surface area contributed by atoms with Crippen molar-refractivity contribution in [3.8, 4) is 5.75 Å². The zero-order valence-corrected chi connectivity index (χ0v) is 13.8. The minimum absolute atomic E-state index is 0.0635. The summed E-state index contributed by atoms with van der Waals surface area (Å²) in [5.74, 6) is 0.306. The second-order valence-electron chi connectivity index (χ2n) is 5.34. The molecule has 0 aromatic heterocycles. The summed E-state index contributed by atoms with van der Waals surface area (Å²) in [5, 5.41) is 0. The van der Waals surface area contributed by atoms with Crippen LogP contribution in [0.2, 0.25) is 0 Å². The topological polar surface area (TPSA) is 87.7 Å². The van der Waals surface area contributed by atoms with Gasteiger partial charge in [-0.3, -0.25) is 9.52 Å². The first kappa shape index (κ1) is 16.3. The van der Waals surface area contributed by atoms with E-state index in [9.17, 15) is 13.2 Å². The van der Waals surface area contributed by atoms with Crippen molar-refractivity contribution in [1.82, 2.24) is 4.72 Å². The minimum atomic E-state index is -3.72. The number of nitrogens with one attached hydrogen (secondary N) is 2. The number of hydrogen-bond acceptors (Lipinski definition) is 4. The monoisotopic (exact) mass is 347 g/mol. The number of anilines is 2. The summed E-state index contributed by atoms with van der Waals surface area (Å²) in [6.45, 7) is 0.126. The highest BCUT2D eigenvalue weighted by molar-refractivity contribution is 7.90. The standard InChI is InChI=1S/C16H17N3O4S/c1-19-14-8-7-13(9-15(14)23-11-16(19)20)18-24(21,22)17-10-12-5-3-2-4-6-12/h2-9,17-18H,10-11H2,1H3. The van der Waals surface area contributed by atoms with Gasteiger partial charge < -0.3 is 9.64 Å². The van der Waals surface area contributed by atoms with Gasteiger partial charge in [0, 0.05) is 19.7 Å². The predicted octanol–water partition coefficient (Wildman–Crippen LogP) is 1.49. The van der Waals surface area contributed by atoms with Crippen molar-refractivity contribution in [3.63, 3.8) is 0 Å². The Morgan fingerprint density at radius 3 is 2.67 bits per heavy atom. The van der Waals surface area contributed by atoms with Crippen LogP contribution in [-0.2, 0) is 21.5 Å². The third kappa shape index (κ3) is 3.66. The van der Waals surface area contributed by atoms with Gasteiger partial charge in [0.05, 0.1) is 11.4 Å². The number of carbonyl (C=O) groups is 1. The Morgan fingerprint density at radius 1 is 1.17 bits per heavy atom. The second-order valence-corrected chi connectivity index (χ2v) is 6.84. The Hall–Kier alpha value is -2.58. The lowest BCUT2D eigenvalue weighted by Crippen LogP contribution is -2.35. The molecular formula is C16H17N3O4S. The lowest BCUT2D eigenvalue weighted by atomic mass is 10.2. The van der Waals surface area contributed by atoms with Crippen molar-refractivity contribution < 1.29 is 17.9 Å². The summed E-state index contributed by atoms with van der Waals surface area (Å²) in [6.07, 6.45) is 0. The quantitative estimate of drug-likeness (QED) is 0.858. The van der Waals surface area contributed by atoms with E-state index in [0.29, 0.717) is 17.1 Å². The first-order valence-corrected chi connectivity index (χ1v) is 8.78. The fourth-order valence-corrected chi connectivity index (χ4v) is 3.17. The molecule has 0 radical (unpaired) electrons. The van der Waals surface area contributed by atoms with Gasteiger partial charge in [-0.1, -0.05) is 30.3 Å². The Labute approximate surface area is 140 Å². The highest BCUT2D eigenvalue weighted by Crippen LogP contribution is 2.33. The van der Waals surface area contributed by atoms with Crippen LogP contribution >= 0.6 is 0 Å². The van der Waals surface area contributed by atoms with Gasteiger partial charge in [-0.05, 0) is 17.7 Å². The van der Waals surface area contributed by atoms with E-state index in [1.165, 1.54) is 4.90 Å². The maximum Gasteiger partial charge on any atom is 0.299 e. The molecular weight excluding hydrogens is 330 g/mol. The van der Waals surface area contributed by atoms with Gasteiger partial charge in [0.2, 0.25) is 0 Å². The zero-order chi connectivity index (χ0) is 17.2. The smallest absolute Gasteiger partial charge is 0.299 e. The normalized spacial score (nSPS) is 14.0. The van der Waals surface area contributed by atoms with Gasteiger partial charge in [-0.2, -0.15) is 13.1 Å². The number of hydrogen-bond donors (Lipinski definition) is 2. The van der Waals surface area contributed by atoms with E-state index in [4.69, 9.17) is 4.74 Å². The zero-order valence-electron chi connectivity index (χ0n) is 13.0. The van der Waals surface area contributed by atoms with Gasteiger partial charge in [0.15, 0.2) is 6.61 Å². The fourth-order valence-electron chi connectivity index (χ4n) is 2.31. The van der Waals surface area contributed by atoms with Crippen LogP contribution in [0.1, 0.15) is 5.56 Å². The number of amides is 1. The summed E-state index contributed by atoms with van der Waals surface area (Å²) >= 11 is 0. The number of nitrogens with zero attached hydrogens (tertiary/aromatic N) is 1. The van der Waals surface area contributed by atoms with Crippen LogP contribution in [0.15, 0.2) is 48.5 Å². The van der Waals surface area contributed by atoms with Crippen molar-refractivity contribution in [2.75, 3.05) is 23.3 Å². The molecule has 7 nitrogen and oxygen atoms in total. The molecule has 2 aromatic rings. The van der Waals surface area contributed by atoms with Crippen molar-refractivity contribution in [2.24, 2.45) is 0 Å². The molecule has 0 aliphatic carbocycles. The Bertz CT molecular complexity index is 853. The molecule has 126 valence electrons. The van der Waals surface area contributed by atoms with Crippen LogP contribution < -0.4 is 19.1 Å². The lowest BCUT2D eigenvalue weighted by molar-refractivity contribution is -0.120. The number of likely N-dealkylation sites (N-methyl/N-ethyl adjacent to an activating group) is 1. The molecule has 0 saturated carbocycles. The molecule has 2 aromatic carbocycles. The highest BCUT2D eigenvalue weighted by Gasteiger charge is 2.22. The predicted molar refractivity (Wildman–Crippen MR) is 91.2 cm³/mol. The second kappa shape index (κ2) is 6.50. The van der Waals surface area contributed by atoms with Crippen molar-refractivity contribution in [1.29, 1.82) is 0 Å². The van der Waals surface area contributed by atoms with Crippen LogP contribution in [0.3, 0.4) is 0 Å². The average molecular weight is 347 g/mol. The molecule has 0 spiro atoms. The Balaban J connectivity index is 1.70. The first-order chi connectivity index (χ1) is 11.4. The minimum Gasteiger partial charge on any atom is -0.481 e. The van der Waals surface area contributed by atoms with Crippen LogP contribution in [0.4, 0.5) is 11.4 Å². The first-order valence-electron chi connectivity index (χ1n) is 7.29. The Kier molecular flexibility index (Phi) is 4.41. The van der Waals surface area contributed by atoms with Gasteiger partial charge >= 0.3 is 0 Å². The molecule has 24 heavy (non-hydrogen) atoms. The summed E-state index contributed by atoms with van der Waals surface area (Å²) < 4.78 is 34.5. The molecule has 0 bridgehead atoms. The molecule has 0 unspecified atom stereocenters. The van der Waals surface area contributed by atoms with E-state index in [0.717, 1.165) is 5.56 Å². The molecule has 1 amide bonds. The molecule has 3 rings (SSSR count). The number of ether oxygens (including phenoxy) is 1. The molecule has 0 atom stereocenters. The van der Waals surface area contributed by atoms with E-state index < -0.39 is 10.2 Å². The molecule has 2 N–H and O–H groups in total. The van der Waals surface area contributed by atoms with Crippen LogP contribution in [0.25, 0.3) is 0 Å². The van der Waals surface area contributed by atoms with Gasteiger partial charge in [-0.25, -0.2) is 0 Å². The van der Waals surface area contributed by atoms with E-state index in [1.54, 1.807) is 25.2 Å². The molecule has 0 saturated heterocycles. The number of carbonyl (C=O) groups excluding carboxylic acids is 1. The summed E-state index contributed by atoms with van der Waals surface area (Å²) in [4.78, 5) is 13.0. The number of fused-ring (bicyclic) bond motifs is 1. The molecule has 1 heterocycles. The summed E-state index contributed by atoms with van der Waals surface area (Å²) in [6, 6.07) is 14.0.